The van der Waals surface area contributed by atoms with Gasteiger partial charge in [-0.1, -0.05) is 19.1 Å². The van der Waals surface area contributed by atoms with Gasteiger partial charge in [0.1, 0.15) is 5.82 Å². The molecule has 102 valence electrons. The van der Waals surface area contributed by atoms with Gasteiger partial charge in [-0.3, -0.25) is 4.68 Å². The second-order valence-corrected chi connectivity index (χ2v) is 4.52. The molecule has 0 amide bonds. The van der Waals surface area contributed by atoms with Crippen LogP contribution < -0.4 is 5.32 Å². The highest BCUT2D eigenvalue weighted by molar-refractivity contribution is 5.20. The molecule has 1 heterocycles. The molecule has 1 unspecified atom stereocenters. The average molecular weight is 261 g/mol. The Bertz CT molecular complexity index is 522. The number of hydrogen-bond donors (Lipinski definition) is 1. The highest BCUT2D eigenvalue weighted by Crippen LogP contribution is 2.18. The molecule has 0 spiro atoms. The molecule has 0 radical (unpaired) electrons. The Hall–Kier alpha value is -1.68. The van der Waals surface area contributed by atoms with E-state index < -0.39 is 0 Å². The van der Waals surface area contributed by atoms with Crippen molar-refractivity contribution in [1.82, 2.24) is 15.1 Å². The third-order valence-corrected chi connectivity index (χ3v) is 3.19. The molecule has 1 aromatic heterocycles. The van der Waals surface area contributed by atoms with Gasteiger partial charge in [0.15, 0.2) is 0 Å². The molecule has 0 fully saturated rings. The number of benzene rings is 1. The number of rotatable bonds is 6. The molecule has 3 nitrogen and oxygen atoms in total. The summed E-state index contributed by atoms with van der Waals surface area (Å²) in [5.74, 6) is -0.184. The van der Waals surface area contributed by atoms with Crippen molar-refractivity contribution in [1.29, 1.82) is 0 Å². The fraction of sp³-hybridized carbons (Fsp3) is 0.400. The van der Waals surface area contributed by atoms with Crippen molar-refractivity contribution < 1.29 is 4.39 Å². The Labute approximate surface area is 113 Å². The van der Waals surface area contributed by atoms with Crippen LogP contribution in [0.15, 0.2) is 36.5 Å². The number of halogens is 1. The maximum absolute atomic E-state index is 13.3. The van der Waals surface area contributed by atoms with Gasteiger partial charge in [-0.15, -0.1) is 0 Å². The predicted octanol–water partition coefficient (Wildman–Crippen LogP) is 2.94. The fourth-order valence-electron chi connectivity index (χ4n) is 2.33. The van der Waals surface area contributed by atoms with Gasteiger partial charge < -0.3 is 5.32 Å². The largest absolute Gasteiger partial charge is 0.309 e. The Balaban J connectivity index is 2.21. The van der Waals surface area contributed by atoms with Crippen molar-refractivity contribution in [2.75, 3.05) is 6.54 Å². The number of nitrogens with zero attached hydrogens (tertiary/aromatic N) is 2. The lowest BCUT2D eigenvalue weighted by Crippen LogP contribution is -2.25. The molecule has 0 bridgehead atoms. The van der Waals surface area contributed by atoms with E-state index in [9.17, 15) is 4.39 Å². The molecule has 2 aromatic rings. The summed E-state index contributed by atoms with van der Waals surface area (Å²) in [5, 5.41) is 7.74. The van der Waals surface area contributed by atoms with E-state index in [2.05, 4.69) is 24.3 Å². The van der Waals surface area contributed by atoms with E-state index in [1.165, 1.54) is 6.07 Å². The zero-order valence-corrected chi connectivity index (χ0v) is 11.4. The minimum atomic E-state index is -0.184. The standard InChI is InChI=1S/C15H20FN3/c1-3-17-14(15-8-9-18-19(15)4-2)11-12-6-5-7-13(16)10-12/h5-10,14,17H,3-4,11H2,1-2H3. The van der Waals surface area contributed by atoms with Crippen molar-refractivity contribution in [3.63, 3.8) is 0 Å². The first-order chi connectivity index (χ1) is 9.24. The maximum atomic E-state index is 13.3. The summed E-state index contributed by atoms with van der Waals surface area (Å²) >= 11 is 0. The van der Waals surface area contributed by atoms with Gasteiger partial charge in [-0.2, -0.15) is 5.10 Å². The maximum Gasteiger partial charge on any atom is 0.123 e. The van der Waals surface area contributed by atoms with Gasteiger partial charge in [0.25, 0.3) is 0 Å². The van der Waals surface area contributed by atoms with Gasteiger partial charge in [0.2, 0.25) is 0 Å². The molecule has 0 aliphatic heterocycles. The van der Waals surface area contributed by atoms with E-state index in [1.807, 2.05) is 23.0 Å². The van der Waals surface area contributed by atoms with E-state index in [1.54, 1.807) is 12.1 Å². The zero-order valence-electron chi connectivity index (χ0n) is 11.4. The summed E-state index contributed by atoms with van der Waals surface area (Å²) in [5.41, 5.74) is 2.14. The second-order valence-electron chi connectivity index (χ2n) is 4.52. The van der Waals surface area contributed by atoms with E-state index in [4.69, 9.17) is 0 Å². The molecule has 4 heteroatoms. The number of aromatic nitrogens is 2. The van der Waals surface area contributed by atoms with E-state index in [-0.39, 0.29) is 11.9 Å². The average Bonchev–Trinajstić information content (AvgIpc) is 2.86. The van der Waals surface area contributed by atoms with Crippen LogP contribution in [0.2, 0.25) is 0 Å². The van der Waals surface area contributed by atoms with Crippen molar-refractivity contribution in [2.24, 2.45) is 0 Å². The molecule has 1 N–H and O–H groups in total. The lowest BCUT2D eigenvalue weighted by atomic mass is 10.0. The number of hydrogen-bond acceptors (Lipinski definition) is 2. The molecule has 0 aliphatic rings. The Morgan fingerprint density at radius 3 is 2.84 bits per heavy atom. The van der Waals surface area contributed by atoms with E-state index in [0.717, 1.165) is 30.8 Å². The SMILES string of the molecule is CCNC(Cc1cccc(F)c1)c1ccnn1CC. The van der Waals surface area contributed by atoms with E-state index in [0.29, 0.717) is 0 Å². The molecule has 1 aromatic carbocycles. The van der Waals surface area contributed by atoms with Crippen LogP contribution >= 0.6 is 0 Å². The van der Waals surface area contributed by atoms with Crippen molar-refractivity contribution >= 4 is 0 Å². The summed E-state index contributed by atoms with van der Waals surface area (Å²) in [6, 6.07) is 8.97. The summed E-state index contributed by atoms with van der Waals surface area (Å²) in [7, 11) is 0. The van der Waals surface area contributed by atoms with Gasteiger partial charge in [-0.05, 0) is 43.7 Å². The molecule has 0 saturated heterocycles. The minimum absolute atomic E-state index is 0.161. The van der Waals surface area contributed by atoms with Gasteiger partial charge in [-0.25, -0.2) is 4.39 Å². The van der Waals surface area contributed by atoms with Gasteiger partial charge in [0, 0.05) is 12.7 Å². The Morgan fingerprint density at radius 1 is 1.32 bits per heavy atom. The van der Waals surface area contributed by atoms with Gasteiger partial charge >= 0.3 is 0 Å². The fourth-order valence-corrected chi connectivity index (χ4v) is 2.33. The van der Waals surface area contributed by atoms with Crippen LogP contribution in [0.25, 0.3) is 0 Å². The first kappa shape index (κ1) is 13.7. The Morgan fingerprint density at radius 2 is 2.16 bits per heavy atom. The highest BCUT2D eigenvalue weighted by atomic mass is 19.1. The first-order valence-corrected chi connectivity index (χ1v) is 6.74. The van der Waals surface area contributed by atoms with Crippen molar-refractivity contribution in [3.05, 3.63) is 53.6 Å². The topological polar surface area (TPSA) is 29.9 Å². The van der Waals surface area contributed by atoms with Crippen molar-refractivity contribution in [3.8, 4) is 0 Å². The number of nitrogens with one attached hydrogen (secondary N) is 1. The lowest BCUT2D eigenvalue weighted by molar-refractivity contribution is 0.489. The third-order valence-electron chi connectivity index (χ3n) is 3.19. The molecule has 0 saturated carbocycles. The third kappa shape index (κ3) is 3.41. The van der Waals surface area contributed by atoms with Crippen LogP contribution in [0, 0.1) is 5.82 Å². The normalized spacial score (nSPS) is 12.6. The van der Waals surface area contributed by atoms with E-state index >= 15 is 0 Å². The minimum Gasteiger partial charge on any atom is -0.309 e. The van der Waals surface area contributed by atoms with Crippen LogP contribution in [0.4, 0.5) is 4.39 Å². The van der Waals surface area contributed by atoms with Crippen LogP contribution in [0.3, 0.4) is 0 Å². The van der Waals surface area contributed by atoms with Crippen LogP contribution in [-0.4, -0.2) is 16.3 Å². The summed E-state index contributed by atoms with van der Waals surface area (Å²) in [6.45, 7) is 5.86. The van der Waals surface area contributed by atoms with Gasteiger partial charge in [0.05, 0.1) is 11.7 Å². The first-order valence-electron chi connectivity index (χ1n) is 6.74. The quantitative estimate of drug-likeness (QED) is 0.866. The monoisotopic (exact) mass is 261 g/mol. The van der Waals surface area contributed by atoms with Crippen LogP contribution in [0.5, 0.6) is 0 Å². The summed E-state index contributed by atoms with van der Waals surface area (Å²) < 4.78 is 15.2. The summed E-state index contributed by atoms with van der Waals surface area (Å²) in [6.07, 6.45) is 2.58. The predicted molar refractivity (Wildman–Crippen MR) is 74.4 cm³/mol. The number of aryl methyl sites for hydroxylation is 1. The smallest absolute Gasteiger partial charge is 0.123 e. The molecule has 1 atom stereocenters. The zero-order chi connectivity index (χ0) is 13.7. The number of likely N-dealkylation sites (N-methyl/N-ethyl adjacent to an activating group) is 1. The lowest BCUT2D eigenvalue weighted by Gasteiger charge is -2.19. The Kier molecular flexibility index (Phi) is 4.68. The highest BCUT2D eigenvalue weighted by Gasteiger charge is 2.15. The molecule has 2 rings (SSSR count). The molecule has 19 heavy (non-hydrogen) atoms. The molecular weight excluding hydrogens is 241 g/mol. The molecule has 0 aliphatic carbocycles. The second kappa shape index (κ2) is 6.48. The van der Waals surface area contributed by atoms with Crippen molar-refractivity contribution in [2.45, 2.75) is 32.9 Å². The van der Waals surface area contributed by atoms with Crippen LogP contribution in [0.1, 0.15) is 31.1 Å². The van der Waals surface area contributed by atoms with Crippen LogP contribution in [-0.2, 0) is 13.0 Å². The summed E-state index contributed by atoms with van der Waals surface area (Å²) in [4.78, 5) is 0. The molecular formula is C15H20FN3.